The average Bonchev–Trinajstić information content (AvgIpc) is 3.54. The first kappa shape index (κ1) is 28.0. The Morgan fingerprint density at radius 3 is 1.73 bits per heavy atom. The molecule has 3 heterocycles. The maximum Gasteiger partial charge on any atom is 0.146 e. The minimum absolute atomic E-state index is 0.864. The summed E-state index contributed by atoms with van der Waals surface area (Å²) in [4.78, 5) is 9.46. The van der Waals surface area contributed by atoms with Gasteiger partial charge in [-0.25, -0.2) is 9.97 Å². The molecular formula is C48H29N3. The number of hydrogen-bond donors (Lipinski definition) is 0. The van der Waals surface area contributed by atoms with Crippen molar-refractivity contribution in [3.05, 3.63) is 176 Å². The number of benzene rings is 8. The number of fused-ring (bicyclic) bond motifs is 4. The Morgan fingerprint density at radius 2 is 0.941 bits per heavy atom. The molecule has 0 radical (unpaired) electrons. The highest BCUT2D eigenvalue weighted by atomic mass is 15.1. The van der Waals surface area contributed by atoms with Crippen LogP contribution in [0.15, 0.2) is 176 Å². The molecule has 3 aromatic heterocycles. The second-order valence-electron chi connectivity index (χ2n) is 13.4. The highest BCUT2D eigenvalue weighted by Crippen LogP contribution is 2.45. The Hall–Kier alpha value is -6.84. The zero-order valence-corrected chi connectivity index (χ0v) is 27.6. The number of rotatable bonds is 4. The van der Waals surface area contributed by atoms with Crippen molar-refractivity contribution in [2.24, 2.45) is 0 Å². The maximum atomic E-state index is 4.79. The summed E-state index contributed by atoms with van der Waals surface area (Å²) in [7, 11) is 0. The molecule has 0 saturated carbocycles. The Balaban J connectivity index is 1.12. The minimum Gasteiger partial charge on any atom is -0.278 e. The lowest BCUT2D eigenvalue weighted by molar-refractivity contribution is 1.06. The van der Waals surface area contributed by atoms with Gasteiger partial charge in [-0.05, 0) is 113 Å². The third kappa shape index (κ3) is 4.12. The summed E-state index contributed by atoms with van der Waals surface area (Å²) in [6.07, 6.45) is 3.69. The molecule has 0 aliphatic rings. The highest BCUT2D eigenvalue weighted by Gasteiger charge is 2.19. The van der Waals surface area contributed by atoms with Crippen molar-refractivity contribution in [1.29, 1.82) is 0 Å². The molecule has 0 saturated heterocycles. The van der Waals surface area contributed by atoms with Gasteiger partial charge in [-0.3, -0.25) is 4.57 Å². The SMILES string of the molecule is c1ccc(-c2ccc3ccc4c(-c5ccc(-c6ccc7c(c6)c6cccnc6n7-c6ccccn6)c6ccccc56)ccc5ccc2c3c54)cc1. The summed E-state index contributed by atoms with van der Waals surface area (Å²) >= 11 is 0. The van der Waals surface area contributed by atoms with E-state index in [4.69, 9.17) is 4.98 Å². The molecule has 51 heavy (non-hydrogen) atoms. The van der Waals surface area contributed by atoms with Gasteiger partial charge in [0.2, 0.25) is 0 Å². The van der Waals surface area contributed by atoms with E-state index in [1.807, 2.05) is 36.7 Å². The Bertz CT molecular complexity index is 3120. The van der Waals surface area contributed by atoms with Gasteiger partial charge in [0, 0.05) is 23.2 Å². The fourth-order valence-corrected chi connectivity index (χ4v) is 8.42. The van der Waals surface area contributed by atoms with E-state index in [0.29, 0.717) is 0 Å². The number of aromatic nitrogens is 3. The van der Waals surface area contributed by atoms with Gasteiger partial charge in [-0.2, -0.15) is 0 Å². The lowest BCUT2D eigenvalue weighted by Gasteiger charge is -2.18. The standard InChI is InChI=1S/C48H29N3/c1-2-9-30(10-3-1)34-20-15-31-18-23-41-39(21-16-32-17-22-40(34)46(31)47(32)41)38-25-24-35(36-11-4-5-12-37(36)38)33-19-26-44-43(29-33)42-13-8-28-50-48(42)51(44)45-14-6-7-27-49-45/h1-29H. The van der Waals surface area contributed by atoms with Gasteiger partial charge in [0.25, 0.3) is 0 Å². The molecule has 0 fully saturated rings. The van der Waals surface area contributed by atoms with Crippen molar-refractivity contribution in [2.75, 3.05) is 0 Å². The summed E-state index contributed by atoms with van der Waals surface area (Å²) in [5.41, 5.74) is 9.41. The smallest absolute Gasteiger partial charge is 0.146 e. The van der Waals surface area contributed by atoms with Gasteiger partial charge in [-0.1, -0.05) is 127 Å². The highest BCUT2D eigenvalue weighted by molar-refractivity contribution is 6.28. The monoisotopic (exact) mass is 647 g/mol. The van der Waals surface area contributed by atoms with Crippen LogP contribution in [0.3, 0.4) is 0 Å². The Morgan fingerprint density at radius 1 is 0.353 bits per heavy atom. The van der Waals surface area contributed by atoms with Crippen molar-refractivity contribution in [3.63, 3.8) is 0 Å². The normalized spacial score (nSPS) is 11.9. The second-order valence-corrected chi connectivity index (χ2v) is 13.4. The number of pyridine rings is 2. The fraction of sp³-hybridized carbons (Fsp3) is 0. The molecule has 11 rings (SSSR count). The molecule has 0 amide bonds. The molecule has 0 spiro atoms. The van der Waals surface area contributed by atoms with Crippen molar-refractivity contribution >= 4 is 65.0 Å². The lowest BCUT2D eigenvalue weighted by atomic mass is 9.85. The van der Waals surface area contributed by atoms with Gasteiger partial charge in [0.05, 0.1) is 5.52 Å². The molecule has 8 aromatic carbocycles. The van der Waals surface area contributed by atoms with E-state index in [1.54, 1.807) is 0 Å². The van der Waals surface area contributed by atoms with Gasteiger partial charge in [0.1, 0.15) is 11.5 Å². The molecule has 0 aliphatic heterocycles. The number of hydrogen-bond acceptors (Lipinski definition) is 2. The van der Waals surface area contributed by atoms with Crippen LogP contribution in [0.2, 0.25) is 0 Å². The van der Waals surface area contributed by atoms with E-state index >= 15 is 0 Å². The molecule has 0 atom stereocenters. The summed E-state index contributed by atoms with van der Waals surface area (Å²) in [6.45, 7) is 0. The van der Waals surface area contributed by atoms with Crippen LogP contribution in [-0.4, -0.2) is 14.5 Å². The van der Waals surface area contributed by atoms with E-state index in [-0.39, 0.29) is 0 Å². The maximum absolute atomic E-state index is 4.79. The van der Waals surface area contributed by atoms with Crippen molar-refractivity contribution in [3.8, 4) is 39.2 Å². The molecule has 0 N–H and O–H groups in total. The third-order valence-corrected chi connectivity index (χ3v) is 10.7. The second kappa shape index (κ2) is 10.8. The molecular weight excluding hydrogens is 619 g/mol. The molecule has 3 nitrogen and oxygen atoms in total. The Labute approximate surface area is 294 Å². The van der Waals surface area contributed by atoms with Crippen molar-refractivity contribution in [2.45, 2.75) is 0 Å². The molecule has 11 aromatic rings. The third-order valence-electron chi connectivity index (χ3n) is 10.7. The van der Waals surface area contributed by atoms with Crippen LogP contribution >= 0.6 is 0 Å². The van der Waals surface area contributed by atoms with Crippen LogP contribution < -0.4 is 0 Å². The topological polar surface area (TPSA) is 30.7 Å². The Kier molecular flexibility index (Phi) is 5.96. The molecule has 236 valence electrons. The van der Waals surface area contributed by atoms with Crippen LogP contribution in [0.5, 0.6) is 0 Å². The number of nitrogens with zero attached hydrogens (tertiary/aromatic N) is 3. The van der Waals surface area contributed by atoms with E-state index in [0.717, 1.165) is 27.8 Å². The summed E-state index contributed by atoms with van der Waals surface area (Å²) in [5.74, 6) is 0.864. The van der Waals surface area contributed by atoms with Gasteiger partial charge in [0.15, 0.2) is 0 Å². The predicted molar refractivity (Wildman–Crippen MR) is 214 cm³/mol. The van der Waals surface area contributed by atoms with E-state index in [2.05, 4.69) is 149 Å². The van der Waals surface area contributed by atoms with Gasteiger partial charge >= 0.3 is 0 Å². The quantitative estimate of drug-likeness (QED) is 0.178. The zero-order valence-electron chi connectivity index (χ0n) is 27.6. The zero-order chi connectivity index (χ0) is 33.5. The molecule has 0 unspecified atom stereocenters. The molecule has 0 aliphatic carbocycles. The van der Waals surface area contributed by atoms with Crippen LogP contribution in [0.4, 0.5) is 0 Å². The summed E-state index contributed by atoms with van der Waals surface area (Å²) < 4.78 is 2.16. The first-order chi connectivity index (χ1) is 25.3. The average molecular weight is 648 g/mol. The molecule has 3 heteroatoms. The predicted octanol–water partition coefficient (Wildman–Crippen LogP) is 12.6. The van der Waals surface area contributed by atoms with E-state index in [1.165, 1.54) is 76.5 Å². The largest absolute Gasteiger partial charge is 0.278 e. The summed E-state index contributed by atoms with van der Waals surface area (Å²) in [5, 5.41) is 12.5. The van der Waals surface area contributed by atoms with Crippen molar-refractivity contribution < 1.29 is 0 Å². The minimum atomic E-state index is 0.864. The van der Waals surface area contributed by atoms with Crippen LogP contribution in [-0.2, 0) is 0 Å². The van der Waals surface area contributed by atoms with E-state index < -0.39 is 0 Å². The van der Waals surface area contributed by atoms with Crippen molar-refractivity contribution in [1.82, 2.24) is 14.5 Å². The first-order valence-corrected chi connectivity index (χ1v) is 17.4. The van der Waals surface area contributed by atoms with Gasteiger partial charge < -0.3 is 0 Å². The van der Waals surface area contributed by atoms with Crippen LogP contribution in [0, 0.1) is 0 Å². The summed E-state index contributed by atoms with van der Waals surface area (Å²) in [6, 6.07) is 59.5. The lowest BCUT2D eigenvalue weighted by Crippen LogP contribution is -1.97. The van der Waals surface area contributed by atoms with Crippen LogP contribution in [0.1, 0.15) is 0 Å². The van der Waals surface area contributed by atoms with E-state index in [9.17, 15) is 0 Å². The molecule has 0 bridgehead atoms. The van der Waals surface area contributed by atoms with Gasteiger partial charge in [-0.15, -0.1) is 0 Å². The fourth-order valence-electron chi connectivity index (χ4n) is 8.42. The van der Waals surface area contributed by atoms with Crippen LogP contribution in [0.25, 0.3) is 104 Å². The first-order valence-electron chi connectivity index (χ1n) is 17.4.